The van der Waals surface area contributed by atoms with Gasteiger partial charge >= 0.3 is 0 Å². The van der Waals surface area contributed by atoms with Gasteiger partial charge in [-0.3, -0.25) is 9.59 Å². The Bertz CT molecular complexity index is 808. The standard InChI is InChI=1S/C23H27N3O2/c27-22(24-13-12-18-4-2-1-3-5-18)19-8-10-21(11-9-19)25-14-16-26(17-15-25)23(28)20-6-7-20/h1-5,8-11,20H,6-7,12-17H2,(H,24,27). The molecule has 1 aliphatic carbocycles. The van der Waals surface area contributed by atoms with E-state index in [0.717, 1.165) is 51.1 Å². The van der Waals surface area contributed by atoms with Crippen molar-refractivity contribution in [2.24, 2.45) is 5.92 Å². The van der Waals surface area contributed by atoms with Gasteiger partial charge in [-0.2, -0.15) is 0 Å². The summed E-state index contributed by atoms with van der Waals surface area (Å²) in [6.45, 7) is 3.90. The van der Waals surface area contributed by atoms with Crippen LogP contribution in [0.1, 0.15) is 28.8 Å². The predicted octanol–water partition coefficient (Wildman–Crippen LogP) is 2.72. The smallest absolute Gasteiger partial charge is 0.251 e. The molecule has 0 bridgehead atoms. The lowest BCUT2D eigenvalue weighted by atomic mass is 10.1. The highest BCUT2D eigenvalue weighted by Gasteiger charge is 2.34. The number of nitrogens with zero attached hydrogens (tertiary/aromatic N) is 2. The summed E-state index contributed by atoms with van der Waals surface area (Å²) in [6, 6.07) is 17.9. The maximum Gasteiger partial charge on any atom is 0.251 e. The monoisotopic (exact) mass is 377 g/mol. The summed E-state index contributed by atoms with van der Waals surface area (Å²) in [5, 5.41) is 2.98. The van der Waals surface area contributed by atoms with Gasteiger partial charge in [-0.1, -0.05) is 30.3 Å². The highest BCUT2D eigenvalue weighted by Crippen LogP contribution is 2.31. The van der Waals surface area contributed by atoms with Gasteiger partial charge in [-0.15, -0.1) is 0 Å². The van der Waals surface area contributed by atoms with E-state index in [1.807, 2.05) is 47.4 Å². The van der Waals surface area contributed by atoms with Gasteiger partial charge in [0.15, 0.2) is 0 Å². The molecule has 1 saturated carbocycles. The average Bonchev–Trinajstić information content (AvgIpc) is 3.60. The number of rotatable bonds is 6. The van der Waals surface area contributed by atoms with Crippen LogP contribution in [0.2, 0.25) is 0 Å². The lowest BCUT2D eigenvalue weighted by Gasteiger charge is -2.36. The summed E-state index contributed by atoms with van der Waals surface area (Å²) in [7, 11) is 0. The number of nitrogens with one attached hydrogen (secondary N) is 1. The third kappa shape index (κ3) is 4.53. The molecule has 0 radical (unpaired) electrons. The summed E-state index contributed by atoms with van der Waals surface area (Å²) in [5.74, 6) is 0.593. The molecular formula is C23H27N3O2. The Morgan fingerprint density at radius 1 is 0.893 bits per heavy atom. The number of piperazine rings is 1. The zero-order valence-corrected chi connectivity index (χ0v) is 16.1. The summed E-state index contributed by atoms with van der Waals surface area (Å²) in [5.41, 5.74) is 3.01. The van der Waals surface area contributed by atoms with E-state index in [2.05, 4.69) is 22.3 Å². The normalized spacial score (nSPS) is 16.7. The minimum absolute atomic E-state index is 0.0395. The molecule has 5 nitrogen and oxygen atoms in total. The van der Waals surface area contributed by atoms with E-state index in [1.165, 1.54) is 5.56 Å². The second-order valence-electron chi connectivity index (χ2n) is 7.62. The van der Waals surface area contributed by atoms with Gasteiger partial charge < -0.3 is 15.1 Å². The molecule has 2 amide bonds. The number of benzene rings is 2. The first-order valence-corrected chi connectivity index (χ1v) is 10.2. The van der Waals surface area contributed by atoms with Gasteiger partial charge in [0.1, 0.15) is 0 Å². The quantitative estimate of drug-likeness (QED) is 0.842. The van der Waals surface area contributed by atoms with E-state index in [1.54, 1.807) is 0 Å². The van der Waals surface area contributed by atoms with E-state index in [4.69, 9.17) is 0 Å². The Morgan fingerprint density at radius 3 is 2.21 bits per heavy atom. The summed E-state index contributed by atoms with van der Waals surface area (Å²) < 4.78 is 0. The van der Waals surface area contributed by atoms with Crippen LogP contribution in [0.25, 0.3) is 0 Å². The van der Waals surface area contributed by atoms with Crippen molar-refractivity contribution in [1.29, 1.82) is 0 Å². The molecule has 1 N–H and O–H groups in total. The van der Waals surface area contributed by atoms with Gasteiger partial charge in [-0.05, 0) is 49.1 Å². The fourth-order valence-corrected chi connectivity index (χ4v) is 3.66. The Morgan fingerprint density at radius 2 is 1.57 bits per heavy atom. The van der Waals surface area contributed by atoms with Crippen molar-refractivity contribution in [1.82, 2.24) is 10.2 Å². The molecule has 4 rings (SSSR count). The lowest BCUT2D eigenvalue weighted by molar-refractivity contribution is -0.132. The van der Waals surface area contributed by atoms with Crippen molar-refractivity contribution < 1.29 is 9.59 Å². The van der Waals surface area contributed by atoms with E-state index in [-0.39, 0.29) is 5.91 Å². The number of carbonyl (C=O) groups is 2. The molecule has 1 aliphatic heterocycles. The van der Waals surface area contributed by atoms with Gasteiger partial charge in [-0.25, -0.2) is 0 Å². The minimum Gasteiger partial charge on any atom is -0.368 e. The van der Waals surface area contributed by atoms with E-state index in [9.17, 15) is 9.59 Å². The number of hydrogen-bond acceptors (Lipinski definition) is 3. The SMILES string of the molecule is O=C(NCCc1ccccc1)c1ccc(N2CCN(C(=O)C3CC3)CC2)cc1. The number of amides is 2. The van der Waals surface area contributed by atoms with Gasteiger partial charge in [0, 0.05) is 49.9 Å². The third-order valence-corrected chi connectivity index (χ3v) is 5.55. The highest BCUT2D eigenvalue weighted by molar-refractivity contribution is 5.94. The van der Waals surface area contributed by atoms with Crippen LogP contribution in [0.5, 0.6) is 0 Å². The maximum absolute atomic E-state index is 12.3. The van der Waals surface area contributed by atoms with Crippen LogP contribution in [0.15, 0.2) is 54.6 Å². The lowest BCUT2D eigenvalue weighted by Crippen LogP contribution is -2.49. The molecule has 0 spiro atoms. The van der Waals surface area contributed by atoms with Crippen LogP contribution >= 0.6 is 0 Å². The Balaban J connectivity index is 1.25. The Labute approximate surface area is 166 Å². The second-order valence-corrected chi connectivity index (χ2v) is 7.62. The first kappa shape index (κ1) is 18.5. The molecule has 0 aromatic heterocycles. The minimum atomic E-state index is -0.0395. The van der Waals surface area contributed by atoms with E-state index >= 15 is 0 Å². The molecular weight excluding hydrogens is 350 g/mol. The first-order valence-electron chi connectivity index (χ1n) is 10.2. The molecule has 1 heterocycles. The molecule has 2 aromatic rings. The molecule has 0 unspecified atom stereocenters. The molecule has 2 fully saturated rings. The Hall–Kier alpha value is -2.82. The topological polar surface area (TPSA) is 52.7 Å². The van der Waals surface area contributed by atoms with Crippen LogP contribution in [0, 0.1) is 5.92 Å². The second kappa shape index (κ2) is 8.46. The molecule has 1 saturated heterocycles. The van der Waals surface area contributed by atoms with E-state index in [0.29, 0.717) is 23.9 Å². The molecule has 2 aromatic carbocycles. The zero-order valence-electron chi connectivity index (χ0n) is 16.1. The Kier molecular flexibility index (Phi) is 5.60. The largest absolute Gasteiger partial charge is 0.368 e. The maximum atomic E-state index is 12.3. The first-order chi connectivity index (χ1) is 13.7. The summed E-state index contributed by atoms with van der Waals surface area (Å²) in [6.07, 6.45) is 2.95. The average molecular weight is 377 g/mol. The number of anilines is 1. The molecule has 2 aliphatic rings. The van der Waals surface area contributed by atoms with Crippen LogP contribution in [-0.2, 0) is 11.2 Å². The van der Waals surface area contributed by atoms with Gasteiger partial charge in [0.2, 0.25) is 5.91 Å². The van der Waals surface area contributed by atoms with E-state index < -0.39 is 0 Å². The molecule has 5 heteroatoms. The van der Waals surface area contributed by atoms with Crippen LogP contribution in [-0.4, -0.2) is 49.4 Å². The fourth-order valence-electron chi connectivity index (χ4n) is 3.66. The van der Waals surface area contributed by atoms with Crippen LogP contribution in [0.4, 0.5) is 5.69 Å². The van der Waals surface area contributed by atoms with Crippen LogP contribution in [0.3, 0.4) is 0 Å². The fraction of sp³-hybridized carbons (Fsp3) is 0.391. The molecule has 0 atom stereocenters. The van der Waals surface area contributed by atoms with Gasteiger partial charge in [0.25, 0.3) is 5.91 Å². The van der Waals surface area contributed by atoms with Crippen molar-refractivity contribution in [2.75, 3.05) is 37.6 Å². The zero-order chi connectivity index (χ0) is 19.3. The van der Waals surface area contributed by atoms with Crippen molar-refractivity contribution in [3.63, 3.8) is 0 Å². The predicted molar refractivity (Wildman–Crippen MR) is 110 cm³/mol. The number of hydrogen-bond donors (Lipinski definition) is 1. The van der Waals surface area contributed by atoms with Crippen molar-refractivity contribution >= 4 is 17.5 Å². The van der Waals surface area contributed by atoms with Crippen molar-refractivity contribution in [3.05, 3.63) is 65.7 Å². The molecule has 28 heavy (non-hydrogen) atoms. The van der Waals surface area contributed by atoms with Crippen LogP contribution < -0.4 is 10.2 Å². The van der Waals surface area contributed by atoms with Crippen molar-refractivity contribution in [2.45, 2.75) is 19.3 Å². The number of carbonyl (C=O) groups excluding carboxylic acids is 2. The van der Waals surface area contributed by atoms with Gasteiger partial charge in [0.05, 0.1) is 0 Å². The summed E-state index contributed by atoms with van der Waals surface area (Å²) >= 11 is 0. The summed E-state index contributed by atoms with van der Waals surface area (Å²) in [4.78, 5) is 28.8. The molecule has 146 valence electrons. The van der Waals surface area contributed by atoms with Crippen molar-refractivity contribution in [3.8, 4) is 0 Å². The highest BCUT2D eigenvalue weighted by atomic mass is 16.2. The third-order valence-electron chi connectivity index (χ3n) is 5.55.